The number of carbonyl (C=O) groups is 1. The molecule has 2 aliphatic heterocycles. The van der Waals surface area contributed by atoms with Gasteiger partial charge >= 0.3 is 0 Å². The van der Waals surface area contributed by atoms with Crippen molar-refractivity contribution in [1.82, 2.24) is 18.6 Å². The van der Waals surface area contributed by atoms with Crippen molar-refractivity contribution in [3.63, 3.8) is 0 Å². The van der Waals surface area contributed by atoms with E-state index >= 15 is 0 Å². The van der Waals surface area contributed by atoms with Gasteiger partial charge < -0.3 is 14.0 Å². The number of imidazole rings is 1. The summed E-state index contributed by atoms with van der Waals surface area (Å²) in [5.74, 6) is -0.212. The molecule has 2 aromatic rings. The molecule has 0 N–H and O–H groups in total. The zero-order chi connectivity index (χ0) is 18.1. The minimum Gasteiger partial charge on any atom is -0.379 e. The smallest absolute Gasteiger partial charge is 0.274 e. The summed E-state index contributed by atoms with van der Waals surface area (Å²) in [6, 6.07) is 5.57. The van der Waals surface area contributed by atoms with Gasteiger partial charge in [-0.3, -0.25) is 4.79 Å². The van der Waals surface area contributed by atoms with E-state index in [9.17, 15) is 13.2 Å². The standard InChI is InChI=1S/C17H22N4O4S/c22-17(15-13-19-6-2-1-5-16(19)18-15)20-7-3-4-14(12-20)26(23,24)21-8-10-25-11-9-21/h1-2,5-6,13-14H,3-4,7-12H2/t14-/m1/s1. The molecule has 0 spiro atoms. The van der Waals surface area contributed by atoms with E-state index in [1.165, 1.54) is 4.31 Å². The minimum atomic E-state index is -3.42. The molecule has 0 aromatic carbocycles. The van der Waals surface area contributed by atoms with Gasteiger partial charge in [0, 0.05) is 38.6 Å². The number of rotatable bonds is 3. The SMILES string of the molecule is O=C(c1cn2ccccc2n1)N1CCC[C@@H](S(=O)(=O)N2CCOCC2)C1. The average molecular weight is 378 g/mol. The van der Waals surface area contributed by atoms with Crippen LogP contribution in [0.5, 0.6) is 0 Å². The predicted molar refractivity (Wildman–Crippen MR) is 95.4 cm³/mol. The van der Waals surface area contributed by atoms with Crippen molar-refractivity contribution < 1.29 is 17.9 Å². The first-order chi connectivity index (χ1) is 12.6. The second-order valence-electron chi connectivity index (χ2n) is 6.66. The Kier molecular flexibility index (Phi) is 4.68. The minimum absolute atomic E-state index is 0.212. The van der Waals surface area contributed by atoms with E-state index in [2.05, 4.69) is 4.98 Å². The van der Waals surface area contributed by atoms with Gasteiger partial charge in [-0.25, -0.2) is 13.4 Å². The van der Waals surface area contributed by atoms with Crippen molar-refractivity contribution in [2.75, 3.05) is 39.4 Å². The number of morpholine rings is 1. The molecule has 26 heavy (non-hydrogen) atoms. The summed E-state index contributed by atoms with van der Waals surface area (Å²) in [6.07, 6.45) is 4.78. The molecular weight excluding hydrogens is 356 g/mol. The molecule has 2 aliphatic rings. The Morgan fingerprint density at radius 3 is 2.77 bits per heavy atom. The fourth-order valence-corrected chi connectivity index (χ4v) is 5.49. The molecule has 9 heteroatoms. The zero-order valence-electron chi connectivity index (χ0n) is 14.5. The van der Waals surface area contributed by atoms with Crippen LogP contribution in [0.15, 0.2) is 30.6 Å². The first-order valence-corrected chi connectivity index (χ1v) is 10.4. The number of ether oxygens (including phenoxy) is 1. The third-order valence-corrected chi connectivity index (χ3v) is 7.31. The van der Waals surface area contributed by atoms with Crippen molar-refractivity contribution in [3.8, 4) is 0 Å². The van der Waals surface area contributed by atoms with Crippen LogP contribution in [0.4, 0.5) is 0 Å². The van der Waals surface area contributed by atoms with Gasteiger partial charge in [0.1, 0.15) is 11.3 Å². The number of carbonyl (C=O) groups excluding carboxylic acids is 1. The Bertz CT molecular complexity index is 871. The summed E-state index contributed by atoms with van der Waals surface area (Å²) in [6.45, 7) is 2.40. The fraction of sp³-hybridized carbons (Fsp3) is 0.529. The van der Waals surface area contributed by atoms with Gasteiger partial charge in [0.25, 0.3) is 5.91 Å². The van der Waals surface area contributed by atoms with Crippen LogP contribution in [-0.4, -0.2) is 77.6 Å². The van der Waals surface area contributed by atoms with Crippen LogP contribution in [0, 0.1) is 0 Å². The third kappa shape index (κ3) is 3.22. The Morgan fingerprint density at radius 2 is 2.00 bits per heavy atom. The Hall–Kier alpha value is -1.97. The van der Waals surface area contributed by atoms with Crippen LogP contribution in [0.1, 0.15) is 23.3 Å². The topological polar surface area (TPSA) is 84.2 Å². The van der Waals surface area contributed by atoms with Gasteiger partial charge in [-0.05, 0) is 25.0 Å². The van der Waals surface area contributed by atoms with E-state index in [1.807, 2.05) is 24.4 Å². The number of aromatic nitrogens is 2. The molecule has 1 amide bonds. The van der Waals surface area contributed by atoms with E-state index < -0.39 is 15.3 Å². The number of piperidine rings is 1. The van der Waals surface area contributed by atoms with E-state index in [0.29, 0.717) is 57.0 Å². The number of amides is 1. The van der Waals surface area contributed by atoms with Crippen molar-refractivity contribution in [3.05, 3.63) is 36.3 Å². The largest absolute Gasteiger partial charge is 0.379 e. The number of nitrogens with zero attached hydrogens (tertiary/aromatic N) is 4. The molecule has 2 aromatic heterocycles. The molecule has 2 saturated heterocycles. The van der Waals surface area contributed by atoms with Gasteiger partial charge in [0.15, 0.2) is 0 Å². The lowest BCUT2D eigenvalue weighted by Crippen LogP contribution is -2.51. The maximum absolute atomic E-state index is 12.9. The van der Waals surface area contributed by atoms with Gasteiger partial charge in [-0.2, -0.15) is 4.31 Å². The van der Waals surface area contributed by atoms with Crippen molar-refractivity contribution in [2.24, 2.45) is 0 Å². The summed E-state index contributed by atoms with van der Waals surface area (Å²) in [5.41, 5.74) is 1.05. The Labute approximate surface area is 152 Å². The molecular formula is C17H22N4O4S. The number of hydrogen-bond acceptors (Lipinski definition) is 5. The van der Waals surface area contributed by atoms with Crippen LogP contribution < -0.4 is 0 Å². The molecule has 0 aliphatic carbocycles. The van der Waals surface area contributed by atoms with Gasteiger partial charge in [0.05, 0.1) is 18.5 Å². The number of pyridine rings is 1. The molecule has 4 heterocycles. The number of sulfonamides is 1. The van der Waals surface area contributed by atoms with Crippen LogP contribution >= 0.6 is 0 Å². The lowest BCUT2D eigenvalue weighted by Gasteiger charge is -2.36. The van der Waals surface area contributed by atoms with E-state index in [0.717, 1.165) is 0 Å². The lowest BCUT2D eigenvalue weighted by atomic mass is 10.1. The summed E-state index contributed by atoms with van der Waals surface area (Å²) >= 11 is 0. The van der Waals surface area contributed by atoms with Gasteiger partial charge in [-0.1, -0.05) is 6.07 Å². The average Bonchev–Trinajstić information content (AvgIpc) is 3.12. The first-order valence-electron chi connectivity index (χ1n) is 8.85. The first kappa shape index (κ1) is 17.4. The highest BCUT2D eigenvalue weighted by Crippen LogP contribution is 2.22. The highest BCUT2D eigenvalue weighted by Gasteiger charge is 2.37. The quantitative estimate of drug-likeness (QED) is 0.781. The molecule has 2 fully saturated rings. The van der Waals surface area contributed by atoms with Gasteiger partial charge in [-0.15, -0.1) is 0 Å². The molecule has 0 radical (unpaired) electrons. The number of hydrogen-bond donors (Lipinski definition) is 0. The molecule has 140 valence electrons. The van der Waals surface area contributed by atoms with Crippen molar-refractivity contribution in [2.45, 2.75) is 18.1 Å². The maximum atomic E-state index is 12.9. The lowest BCUT2D eigenvalue weighted by molar-refractivity contribution is 0.0683. The van der Waals surface area contributed by atoms with Crippen molar-refractivity contribution in [1.29, 1.82) is 0 Å². The molecule has 0 unspecified atom stereocenters. The summed E-state index contributed by atoms with van der Waals surface area (Å²) in [5, 5.41) is -0.560. The molecule has 0 saturated carbocycles. The summed E-state index contributed by atoms with van der Waals surface area (Å²) < 4.78 is 34.3. The second kappa shape index (κ2) is 6.98. The normalized spacial score (nSPS) is 22.6. The van der Waals surface area contributed by atoms with E-state index in [1.54, 1.807) is 15.5 Å². The highest BCUT2D eigenvalue weighted by atomic mass is 32.2. The predicted octanol–water partition coefficient (Wildman–Crippen LogP) is 0.601. The van der Waals surface area contributed by atoms with Gasteiger partial charge in [0.2, 0.25) is 10.0 Å². The zero-order valence-corrected chi connectivity index (χ0v) is 15.3. The Morgan fingerprint density at radius 1 is 1.19 bits per heavy atom. The number of fused-ring (bicyclic) bond motifs is 1. The van der Waals surface area contributed by atoms with Crippen LogP contribution in [0.3, 0.4) is 0 Å². The molecule has 1 atom stereocenters. The Balaban J connectivity index is 1.51. The van der Waals surface area contributed by atoms with Crippen LogP contribution in [0.2, 0.25) is 0 Å². The number of likely N-dealkylation sites (tertiary alicyclic amines) is 1. The third-order valence-electron chi connectivity index (χ3n) is 5.00. The molecule has 4 rings (SSSR count). The van der Waals surface area contributed by atoms with Crippen molar-refractivity contribution >= 4 is 21.6 Å². The summed E-state index contributed by atoms with van der Waals surface area (Å²) in [4.78, 5) is 18.8. The molecule has 0 bridgehead atoms. The summed E-state index contributed by atoms with van der Waals surface area (Å²) in [7, 11) is -3.42. The highest BCUT2D eigenvalue weighted by molar-refractivity contribution is 7.89. The second-order valence-corrected chi connectivity index (χ2v) is 8.88. The maximum Gasteiger partial charge on any atom is 0.274 e. The molecule has 8 nitrogen and oxygen atoms in total. The fourth-order valence-electron chi connectivity index (χ4n) is 3.58. The van der Waals surface area contributed by atoms with Crippen LogP contribution in [-0.2, 0) is 14.8 Å². The van der Waals surface area contributed by atoms with E-state index in [4.69, 9.17) is 4.74 Å². The monoisotopic (exact) mass is 378 g/mol. The van der Waals surface area contributed by atoms with Crippen LogP contribution in [0.25, 0.3) is 5.65 Å². The van der Waals surface area contributed by atoms with E-state index in [-0.39, 0.29) is 12.5 Å².